The number of carbonyl (C=O) groups is 1. The van der Waals surface area contributed by atoms with Gasteiger partial charge in [0.2, 0.25) is 0 Å². The molecule has 0 radical (unpaired) electrons. The highest BCUT2D eigenvalue weighted by atomic mass is 16.2. The maximum atomic E-state index is 13.2. The Kier molecular flexibility index (Phi) is 4.23. The van der Waals surface area contributed by atoms with Gasteiger partial charge in [-0.25, -0.2) is 15.0 Å². The summed E-state index contributed by atoms with van der Waals surface area (Å²) in [7, 11) is 0. The Morgan fingerprint density at radius 3 is 2.45 bits per heavy atom. The number of piperazine rings is 1. The van der Waals surface area contributed by atoms with Crippen molar-refractivity contribution in [3.8, 4) is 5.82 Å². The van der Waals surface area contributed by atoms with E-state index >= 15 is 0 Å². The summed E-state index contributed by atoms with van der Waals surface area (Å²) in [4.78, 5) is 30.5. The molecule has 4 aromatic rings. The molecule has 0 spiro atoms. The number of anilines is 1. The van der Waals surface area contributed by atoms with Crippen LogP contribution in [0.25, 0.3) is 11.5 Å². The van der Waals surface area contributed by atoms with Crippen LogP contribution < -0.4 is 4.90 Å². The third-order valence-electron chi connectivity index (χ3n) is 5.30. The Morgan fingerprint density at radius 1 is 0.931 bits per heavy atom. The van der Waals surface area contributed by atoms with Gasteiger partial charge in [-0.15, -0.1) is 0 Å². The van der Waals surface area contributed by atoms with Crippen molar-refractivity contribution < 1.29 is 4.79 Å². The number of fused-ring (bicyclic) bond motifs is 1. The van der Waals surface area contributed by atoms with Crippen LogP contribution in [0.15, 0.2) is 61.3 Å². The number of aromatic nitrogens is 5. The van der Waals surface area contributed by atoms with Gasteiger partial charge in [0, 0.05) is 50.8 Å². The monoisotopic (exact) mass is 387 g/mol. The van der Waals surface area contributed by atoms with E-state index in [1.807, 2.05) is 75.8 Å². The van der Waals surface area contributed by atoms with Crippen LogP contribution >= 0.6 is 0 Å². The first-order valence-corrected chi connectivity index (χ1v) is 9.64. The van der Waals surface area contributed by atoms with Crippen LogP contribution in [0.4, 0.5) is 5.82 Å². The molecule has 0 aliphatic carbocycles. The summed E-state index contributed by atoms with van der Waals surface area (Å²) in [5, 5.41) is 0. The Hall–Kier alpha value is -3.68. The maximum absolute atomic E-state index is 13.2. The van der Waals surface area contributed by atoms with Gasteiger partial charge < -0.3 is 14.4 Å². The lowest BCUT2D eigenvalue weighted by Crippen LogP contribution is -2.49. The van der Waals surface area contributed by atoms with Gasteiger partial charge in [-0.1, -0.05) is 6.07 Å². The van der Waals surface area contributed by atoms with Crippen LogP contribution in [-0.2, 0) is 0 Å². The van der Waals surface area contributed by atoms with E-state index in [2.05, 4.69) is 19.9 Å². The first kappa shape index (κ1) is 17.4. The quantitative estimate of drug-likeness (QED) is 0.539. The number of rotatable bonds is 3. The molecular weight excluding hydrogens is 366 g/mol. The molecule has 0 unspecified atom stereocenters. The predicted octanol–water partition coefficient (Wildman–Crippen LogP) is 2.19. The van der Waals surface area contributed by atoms with Crippen molar-refractivity contribution in [2.45, 2.75) is 6.92 Å². The molecule has 1 saturated heterocycles. The van der Waals surface area contributed by atoms with E-state index in [1.165, 1.54) is 0 Å². The number of nitrogens with zero attached hydrogens (tertiary/aromatic N) is 7. The van der Waals surface area contributed by atoms with E-state index in [-0.39, 0.29) is 5.91 Å². The van der Waals surface area contributed by atoms with Crippen molar-refractivity contribution in [3.05, 3.63) is 72.7 Å². The van der Waals surface area contributed by atoms with E-state index in [4.69, 9.17) is 0 Å². The van der Waals surface area contributed by atoms with Crippen molar-refractivity contribution in [2.24, 2.45) is 0 Å². The topological polar surface area (TPSA) is 71.6 Å². The number of aryl methyl sites for hydroxylation is 1. The third kappa shape index (κ3) is 3.12. The molecule has 146 valence electrons. The number of hydrogen-bond donors (Lipinski definition) is 0. The molecule has 0 aromatic carbocycles. The van der Waals surface area contributed by atoms with Crippen molar-refractivity contribution in [3.63, 3.8) is 0 Å². The lowest BCUT2D eigenvalue weighted by Gasteiger charge is -2.35. The van der Waals surface area contributed by atoms with Crippen molar-refractivity contribution >= 4 is 17.4 Å². The summed E-state index contributed by atoms with van der Waals surface area (Å²) in [5.74, 6) is 1.73. The van der Waals surface area contributed by atoms with Crippen LogP contribution in [0.3, 0.4) is 0 Å². The van der Waals surface area contributed by atoms with E-state index in [9.17, 15) is 4.79 Å². The Balaban J connectivity index is 1.32. The zero-order valence-electron chi connectivity index (χ0n) is 16.1. The Bertz CT molecular complexity index is 1160. The minimum Gasteiger partial charge on any atom is -0.353 e. The highest BCUT2D eigenvalue weighted by molar-refractivity contribution is 5.94. The van der Waals surface area contributed by atoms with Crippen LogP contribution in [0, 0.1) is 6.92 Å². The van der Waals surface area contributed by atoms with Gasteiger partial charge in [0.05, 0.1) is 5.69 Å². The second-order valence-corrected chi connectivity index (χ2v) is 7.08. The molecule has 0 bridgehead atoms. The molecular formula is C21H21N7O. The smallest absolute Gasteiger partial charge is 0.272 e. The molecule has 0 saturated carbocycles. The van der Waals surface area contributed by atoms with Crippen LogP contribution in [0.1, 0.15) is 16.2 Å². The number of carbonyl (C=O) groups excluding carboxylic acids is 1. The highest BCUT2D eigenvalue weighted by Crippen LogP contribution is 2.19. The van der Waals surface area contributed by atoms with E-state index in [1.54, 1.807) is 6.33 Å². The van der Waals surface area contributed by atoms with Gasteiger partial charge in [0.25, 0.3) is 5.91 Å². The fourth-order valence-corrected chi connectivity index (χ4v) is 3.80. The molecule has 8 nitrogen and oxygen atoms in total. The fraction of sp³-hybridized carbons (Fsp3) is 0.238. The Labute approximate surface area is 168 Å². The average Bonchev–Trinajstić information content (AvgIpc) is 3.41. The van der Waals surface area contributed by atoms with Crippen molar-refractivity contribution in [1.82, 2.24) is 28.8 Å². The molecule has 5 rings (SSSR count). The van der Waals surface area contributed by atoms with E-state index in [0.29, 0.717) is 18.8 Å². The van der Waals surface area contributed by atoms with Gasteiger partial charge in [-0.3, -0.25) is 9.20 Å². The van der Waals surface area contributed by atoms with Crippen molar-refractivity contribution in [1.29, 1.82) is 0 Å². The largest absolute Gasteiger partial charge is 0.353 e. The molecule has 8 heteroatoms. The first-order chi connectivity index (χ1) is 14.2. The molecule has 29 heavy (non-hydrogen) atoms. The first-order valence-electron chi connectivity index (χ1n) is 9.64. The maximum Gasteiger partial charge on any atom is 0.272 e. The summed E-state index contributed by atoms with van der Waals surface area (Å²) in [6, 6.07) is 11.7. The molecule has 0 atom stereocenters. The summed E-state index contributed by atoms with van der Waals surface area (Å²) in [6.07, 6.45) is 7.40. The van der Waals surface area contributed by atoms with Crippen LogP contribution in [0.5, 0.6) is 0 Å². The molecule has 5 heterocycles. The minimum absolute atomic E-state index is 0.0246. The van der Waals surface area contributed by atoms with Gasteiger partial charge in [-0.2, -0.15) is 0 Å². The molecule has 0 N–H and O–H groups in total. The zero-order chi connectivity index (χ0) is 19.8. The van der Waals surface area contributed by atoms with Crippen LogP contribution in [-0.4, -0.2) is 60.9 Å². The molecule has 1 aliphatic heterocycles. The predicted molar refractivity (Wildman–Crippen MR) is 109 cm³/mol. The molecule has 1 aliphatic rings. The number of pyridine rings is 1. The summed E-state index contributed by atoms with van der Waals surface area (Å²) in [5.41, 5.74) is 2.20. The van der Waals surface area contributed by atoms with Gasteiger partial charge in [0.1, 0.15) is 29.3 Å². The number of imidazole rings is 1. The summed E-state index contributed by atoms with van der Waals surface area (Å²) < 4.78 is 3.83. The molecule has 4 aromatic heterocycles. The van der Waals surface area contributed by atoms with Gasteiger partial charge in [-0.05, 0) is 31.2 Å². The molecule has 1 fully saturated rings. The van der Waals surface area contributed by atoms with Crippen molar-refractivity contribution in [2.75, 3.05) is 31.1 Å². The average molecular weight is 387 g/mol. The third-order valence-corrected chi connectivity index (χ3v) is 5.30. The fourth-order valence-electron chi connectivity index (χ4n) is 3.80. The second kappa shape index (κ2) is 7.05. The lowest BCUT2D eigenvalue weighted by molar-refractivity contribution is 0.0738. The SMILES string of the molecule is Cc1nc2ccccn2c1C(=O)N1CCN(c2cc(-n3cccc3)ncn2)CC1. The van der Waals surface area contributed by atoms with Gasteiger partial charge in [0.15, 0.2) is 0 Å². The standard InChI is InChI=1S/C21H21N7O/c1-16-20(28-9-3-2-6-17(28)24-16)21(29)27-12-10-26(11-13-27)19-14-18(22-15-23-19)25-7-4-5-8-25/h2-9,14-15H,10-13H2,1H3. The lowest BCUT2D eigenvalue weighted by atomic mass is 10.2. The van der Waals surface area contributed by atoms with E-state index < -0.39 is 0 Å². The van der Waals surface area contributed by atoms with E-state index in [0.717, 1.165) is 36.1 Å². The number of amides is 1. The normalized spacial score (nSPS) is 14.5. The van der Waals surface area contributed by atoms with Gasteiger partial charge >= 0.3 is 0 Å². The second-order valence-electron chi connectivity index (χ2n) is 7.08. The zero-order valence-corrected chi connectivity index (χ0v) is 16.1. The summed E-state index contributed by atoms with van der Waals surface area (Å²) >= 11 is 0. The molecule has 1 amide bonds. The summed E-state index contributed by atoms with van der Waals surface area (Å²) in [6.45, 7) is 4.62. The highest BCUT2D eigenvalue weighted by Gasteiger charge is 2.26. The minimum atomic E-state index is 0.0246. The van der Waals surface area contributed by atoms with Crippen LogP contribution in [0.2, 0.25) is 0 Å². The Morgan fingerprint density at radius 2 is 1.66 bits per heavy atom. The number of hydrogen-bond acceptors (Lipinski definition) is 5.